The Kier molecular flexibility index (Phi) is 7.60. The van der Waals surface area contributed by atoms with E-state index in [0.29, 0.717) is 0 Å². The van der Waals surface area contributed by atoms with E-state index in [0.717, 1.165) is 0 Å². The molecule has 9 heteroatoms. The van der Waals surface area contributed by atoms with Crippen molar-refractivity contribution in [2.45, 2.75) is 58.0 Å². The molecule has 0 bridgehead atoms. The summed E-state index contributed by atoms with van der Waals surface area (Å²) in [4.78, 5) is 59.1. The van der Waals surface area contributed by atoms with Crippen LogP contribution in [0.3, 0.4) is 0 Å². The standard InChI is InChI=1S/C16H26N2O7/c1-8(2)7-15(17,13(22)23)10(19)5-6-11(20)16(18,14(24)25)12(21)9(3)4/h8-9H,5-7,17-18H2,1-4H3,(H,22,23)(H,24,25). The van der Waals surface area contributed by atoms with Gasteiger partial charge >= 0.3 is 11.9 Å². The van der Waals surface area contributed by atoms with Gasteiger partial charge in [0.15, 0.2) is 22.9 Å². The van der Waals surface area contributed by atoms with Crippen LogP contribution in [0.25, 0.3) is 0 Å². The minimum absolute atomic E-state index is 0.146. The minimum atomic E-state index is -2.77. The molecular weight excluding hydrogens is 332 g/mol. The highest BCUT2D eigenvalue weighted by Gasteiger charge is 2.50. The number of hydrogen-bond donors (Lipinski definition) is 4. The lowest BCUT2D eigenvalue weighted by Gasteiger charge is -2.26. The predicted molar refractivity (Wildman–Crippen MR) is 87.7 cm³/mol. The molecule has 0 rings (SSSR count). The van der Waals surface area contributed by atoms with Crippen LogP contribution in [0, 0.1) is 11.8 Å². The SMILES string of the molecule is CC(C)CC(N)(C(=O)O)C(=O)CCC(=O)C(N)(C(=O)O)C(=O)C(C)C. The fourth-order valence-electron chi connectivity index (χ4n) is 2.43. The van der Waals surface area contributed by atoms with Crippen LogP contribution >= 0.6 is 0 Å². The maximum atomic E-state index is 12.2. The molecule has 0 aliphatic carbocycles. The zero-order valence-corrected chi connectivity index (χ0v) is 14.9. The van der Waals surface area contributed by atoms with E-state index in [1.807, 2.05) is 0 Å². The summed E-state index contributed by atoms with van der Waals surface area (Å²) >= 11 is 0. The molecule has 0 aliphatic rings. The molecule has 0 aromatic rings. The van der Waals surface area contributed by atoms with Gasteiger partial charge in [-0.25, -0.2) is 9.59 Å². The lowest BCUT2D eigenvalue weighted by molar-refractivity contribution is -0.155. The largest absolute Gasteiger partial charge is 0.480 e. The Hall–Kier alpha value is -2.13. The first-order chi connectivity index (χ1) is 11.2. The first-order valence-electron chi connectivity index (χ1n) is 7.86. The number of rotatable bonds is 11. The van der Waals surface area contributed by atoms with Gasteiger partial charge in [-0.2, -0.15) is 0 Å². The number of hydrogen-bond acceptors (Lipinski definition) is 7. The topological polar surface area (TPSA) is 178 Å². The van der Waals surface area contributed by atoms with Crippen molar-refractivity contribution in [1.29, 1.82) is 0 Å². The molecule has 0 saturated heterocycles. The van der Waals surface area contributed by atoms with E-state index in [-0.39, 0.29) is 12.3 Å². The maximum absolute atomic E-state index is 12.2. The highest BCUT2D eigenvalue weighted by atomic mass is 16.4. The number of nitrogens with two attached hydrogens (primary N) is 2. The molecule has 2 unspecified atom stereocenters. The van der Waals surface area contributed by atoms with Gasteiger partial charge in [0.25, 0.3) is 0 Å². The van der Waals surface area contributed by atoms with Crippen LogP contribution in [0.1, 0.15) is 47.0 Å². The summed E-state index contributed by atoms with van der Waals surface area (Å²) in [5.74, 6) is -7.43. The number of carbonyl (C=O) groups is 5. The third-order valence-corrected chi connectivity index (χ3v) is 3.88. The summed E-state index contributed by atoms with van der Waals surface area (Å²) in [6.07, 6.45) is -1.46. The maximum Gasteiger partial charge on any atom is 0.339 e. The van der Waals surface area contributed by atoms with Crippen LogP contribution in [0.4, 0.5) is 0 Å². The van der Waals surface area contributed by atoms with E-state index >= 15 is 0 Å². The Morgan fingerprint density at radius 1 is 0.840 bits per heavy atom. The molecular formula is C16H26N2O7. The highest BCUT2D eigenvalue weighted by Crippen LogP contribution is 2.20. The second-order valence-electron chi connectivity index (χ2n) is 6.85. The van der Waals surface area contributed by atoms with Crippen molar-refractivity contribution < 1.29 is 34.2 Å². The number of ketones is 3. The molecule has 0 saturated carbocycles. The Morgan fingerprint density at radius 2 is 1.28 bits per heavy atom. The lowest BCUT2D eigenvalue weighted by atomic mass is 9.80. The number of Topliss-reactive ketones (excluding diaryl/α,β-unsaturated/α-hetero) is 3. The summed E-state index contributed by atoms with van der Waals surface area (Å²) in [6.45, 7) is 6.14. The van der Waals surface area contributed by atoms with E-state index in [2.05, 4.69) is 0 Å². The van der Waals surface area contributed by atoms with E-state index in [9.17, 15) is 34.2 Å². The Balaban J connectivity index is 5.36. The predicted octanol–water partition coefficient (Wildman–Crippen LogP) is -0.260. The van der Waals surface area contributed by atoms with E-state index in [1.54, 1.807) is 13.8 Å². The smallest absolute Gasteiger partial charge is 0.339 e. The quantitative estimate of drug-likeness (QED) is 0.362. The van der Waals surface area contributed by atoms with Crippen LogP contribution < -0.4 is 11.5 Å². The number of aliphatic carboxylic acids is 2. The van der Waals surface area contributed by atoms with Crippen molar-refractivity contribution >= 4 is 29.3 Å². The van der Waals surface area contributed by atoms with Crippen molar-refractivity contribution in [3.63, 3.8) is 0 Å². The Bertz CT molecular complexity index is 585. The van der Waals surface area contributed by atoms with Crippen molar-refractivity contribution in [1.82, 2.24) is 0 Å². The molecule has 6 N–H and O–H groups in total. The van der Waals surface area contributed by atoms with Gasteiger partial charge in [-0.15, -0.1) is 0 Å². The van der Waals surface area contributed by atoms with Gasteiger partial charge in [-0.05, 0) is 12.3 Å². The fourth-order valence-corrected chi connectivity index (χ4v) is 2.43. The minimum Gasteiger partial charge on any atom is -0.480 e. The molecule has 2 atom stereocenters. The van der Waals surface area contributed by atoms with Gasteiger partial charge in [0.2, 0.25) is 5.54 Å². The molecule has 9 nitrogen and oxygen atoms in total. The summed E-state index contributed by atoms with van der Waals surface area (Å²) < 4.78 is 0. The van der Waals surface area contributed by atoms with Gasteiger partial charge in [0.05, 0.1) is 0 Å². The van der Waals surface area contributed by atoms with Crippen LogP contribution in [-0.4, -0.2) is 50.6 Å². The first-order valence-corrected chi connectivity index (χ1v) is 7.86. The summed E-state index contributed by atoms with van der Waals surface area (Å²) in [7, 11) is 0. The van der Waals surface area contributed by atoms with Gasteiger partial charge in [-0.1, -0.05) is 27.7 Å². The van der Waals surface area contributed by atoms with Gasteiger partial charge in [-0.3, -0.25) is 14.4 Å². The molecule has 142 valence electrons. The monoisotopic (exact) mass is 358 g/mol. The van der Waals surface area contributed by atoms with Crippen LogP contribution in [0.2, 0.25) is 0 Å². The van der Waals surface area contributed by atoms with Gasteiger partial charge < -0.3 is 21.7 Å². The zero-order valence-electron chi connectivity index (χ0n) is 14.9. The van der Waals surface area contributed by atoms with Crippen molar-refractivity contribution in [3.05, 3.63) is 0 Å². The third-order valence-electron chi connectivity index (χ3n) is 3.88. The van der Waals surface area contributed by atoms with Gasteiger partial charge in [0.1, 0.15) is 0 Å². The fraction of sp³-hybridized carbons (Fsp3) is 0.688. The molecule has 0 radical (unpaired) electrons. The highest BCUT2D eigenvalue weighted by molar-refractivity contribution is 6.27. The Labute approximate surface area is 145 Å². The second-order valence-corrected chi connectivity index (χ2v) is 6.85. The summed E-state index contributed by atoms with van der Waals surface area (Å²) in [5, 5.41) is 18.4. The molecule has 25 heavy (non-hydrogen) atoms. The number of carboxylic acid groups (broad SMARTS) is 2. The van der Waals surface area contributed by atoms with Crippen LogP contribution in [-0.2, 0) is 24.0 Å². The second kappa shape index (κ2) is 8.30. The summed E-state index contributed by atoms with van der Waals surface area (Å²) in [6, 6.07) is 0. The molecule has 0 aromatic carbocycles. The first kappa shape index (κ1) is 22.9. The van der Waals surface area contributed by atoms with E-state index < -0.39 is 59.1 Å². The average Bonchev–Trinajstić information content (AvgIpc) is 2.48. The number of carboxylic acids is 2. The van der Waals surface area contributed by atoms with Crippen molar-refractivity contribution in [2.75, 3.05) is 0 Å². The van der Waals surface area contributed by atoms with E-state index in [1.165, 1.54) is 13.8 Å². The zero-order chi connectivity index (χ0) is 20.2. The third kappa shape index (κ3) is 4.93. The molecule has 0 fully saturated rings. The van der Waals surface area contributed by atoms with Crippen molar-refractivity contribution in [2.24, 2.45) is 23.3 Å². The lowest BCUT2D eigenvalue weighted by Crippen LogP contribution is -2.62. The average molecular weight is 358 g/mol. The number of carbonyl (C=O) groups excluding carboxylic acids is 3. The normalized spacial score (nSPS) is 16.2. The molecule has 0 spiro atoms. The molecule has 0 aromatic heterocycles. The van der Waals surface area contributed by atoms with Gasteiger partial charge in [0, 0.05) is 18.8 Å². The molecule has 0 heterocycles. The van der Waals surface area contributed by atoms with Crippen LogP contribution in [0.5, 0.6) is 0 Å². The van der Waals surface area contributed by atoms with Crippen molar-refractivity contribution in [3.8, 4) is 0 Å². The van der Waals surface area contributed by atoms with Crippen LogP contribution in [0.15, 0.2) is 0 Å². The van der Waals surface area contributed by atoms with E-state index in [4.69, 9.17) is 11.5 Å². The Morgan fingerprint density at radius 3 is 1.60 bits per heavy atom. The molecule has 0 amide bonds. The molecule has 0 aliphatic heterocycles. The summed E-state index contributed by atoms with van der Waals surface area (Å²) in [5.41, 5.74) is 6.23.